The van der Waals surface area contributed by atoms with Gasteiger partial charge in [0.2, 0.25) is 5.91 Å². The lowest BCUT2D eigenvalue weighted by molar-refractivity contribution is -0.121. The fourth-order valence-electron chi connectivity index (χ4n) is 3.34. The molecule has 0 fully saturated rings. The number of amidine groups is 1. The quantitative estimate of drug-likeness (QED) is 0.356. The van der Waals surface area contributed by atoms with Gasteiger partial charge in [0.25, 0.3) is 5.56 Å². The predicted molar refractivity (Wildman–Crippen MR) is 121 cm³/mol. The number of hydrogen-bond acceptors (Lipinski definition) is 8. The molecule has 4 N–H and O–H groups in total. The molecule has 3 heterocycles. The molecular weight excluding hydrogens is 410 g/mol. The summed E-state index contributed by atoms with van der Waals surface area (Å²) in [6.45, 7) is 1.28. The number of unbranched alkanes of at least 4 members (excludes halogenated alkanes) is 1. The Hall–Kier alpha value is -3.79. The van der Waals surface area contributed by atoms with Gasteiger partial charge in [0, 0.05) is 37.5 Å². The van der Waals surface area contributed by atoms with Crippen molar-refractivity contribution in [1.29, 1.82) is 0 Å². The summed E-state index contributed by atoms with van der Waals surface area (Å²) < 4.78 is 0. The molecule has 1 atom stereocenters. The third-order valence-corrected chi connectivity index (χ3v) is 5.00. The average Bonchev–Trinajstić information content (AvgIpc) is 3.31. The number of anilines is 1. The first kappa shape index (κ1) is 21.4. The summed E-state index contributed by atoms with van der Waals surface area (Å²) in [6, 6.07) is 12.9. The lowest BCUT2D eigenvalue weighted by Crippen LogP contribution is -2.26. The van der Waals surface area contributed by atoms with E-state index in [4.69, 9.17) is 4.84 Å². The third-order valence-electron chi connectivity index (χ3n) is 5.00. The number of aromatic nitrogens is 3. The van der Waals surface area contributed by atoms with Crippen molar-refractivity contribution in [2.24, 2.45) is 4.99 Å². The van der Waals surface area contributed by atoms with E-state index in [0.29, 0.717) is 48.7 Å². The van der Waals surface area contributed by atoms with Crippen LogP contribution in [0.2, 0.25) is 0 Å². The van der Waals surface area contributed by atoms with Crippen LogP contribution in [0.5, 0.6) is 0 Å². The lowest BCUT2D eigenvalue weighted by Gasteiger charge is -2.09. The van der Waals surface area contributed by atoms with E-state index >= 15 is 0 Å². The van der Waals surface area contributed by atoms with Gasteiger partial charge >= 0.3 is 0 Å². The molecule has 1 aromatic carbocycles. The Bertz CT molecular complexity index is 1150. The zero-order valence-electron chi connectivity index (χ0n) is 17.5. The number of nitrogens with one attached hydrogen (secondary N) is 4. The highest BCUT2D eigenvalue weighted by Gasteiger charge is 2.20. The Morgan fingerprint density at radius 3 is 2.72 bits per heavy atom. The molecule has 0 radical (unpaired) electrons. The molecule has 4 rings (SSSR count). The zero-order chi connectivity index (χ0) is 22.2. The minimum atomic E-state index is -0.401. The summed E-state index contributed by atoms with van der Waals surface area (Å²) in [5.41, 5.74) is 3.27. The number of fused-ring (bicyclic) bond motifs is 1. The van der Waals surface area contributed by atoms with Gasteiger partial charge in [-0.1, -0.05) is 24.3 Å². The van der Waals surface area contributed by atoms with Gasteiger partial charge in [-0.15, -0.1) is 0 Å². The van der Waals surface area contributed by atoms with E-state index in [1.54, 1.807) is 12.3 Å². The molecule has 1 aliphatic rings. The van der Waals surface area contributed by atoms with Crippen LogP contribution in [0.1, 0.15) is 31.4 Å². The molecule has 10 nitrogen and oxygen atoms in total. The second-order valence-corrected chi connectivity index (χ2v) is 7.34. The predicted octanol–water partition coefficient (Wildman–Crippen LogP) is 1.71. The summed E-state index contributed by atoms with van der Waals surface area (Å²) in [5.74, 6) is 1.20. The van der Waals surface area contributed by atoms with E-state index in [0.717, 1.165) is 18.2 Å². The van der Waals surface area contributed by atoms with Crippen molar-refractivity contribution < 1.29 is 9.63 Å². The number of carbonyl (C=O) groups excluding carboxylic acids is 1. The molecule has 0 spiro atoms. The highest BCUT2D eigenvalue weighted by atomic mass is 16.7. The van der Waals surface area contributed by atoms with Gasteiger partial charge in [-0.2, -0.15) is 5.10 Å². The van der Waals surface area contributed by atoms with Crippen molar-refractivity contribution in [1.82, 2.24) is 26.0 Å². The smallest absolute Gasteiger partial charge is 0.272 e. The Morgan fingerprint density at radius 2 is 1.88 bits per heavy atom. The van der Waals surface area contributed by atoms with E-state index in [-0.39, 0.29) is 11.5 Å². The van der Waals surface area contributed by atoms with Gasteiger partial charge in [0.1, 0.15) is 5.69 Å². The SMILES string of the molecule is O=C(CCC1N=C(c2ccccn2)NO1)NCCCCNc1n[nH]c(=O)c2ccccc12. The molecule has 3 aromatic rings. The highest BCUT2D eigenvalue weighted by Crippen LogP contribution is 2.16. The van der Waals surface area contributed by atoms with Crippen LogP contribution in [0.15, 0.2) is 58.4 Å². The third kappa shape index (κ3) is 5.46. The first-order valence-electron chi connectivity index (χ1n) is 10.6. The van der Waals surface area contributed by atoms with Crippen molar-refractivity contribution in [3.63, 3.8) is 0 Å². The molecule has 0 bridgehead atoms. The monoisotopic (exact) mass is 435 g/mol. The van der Waals surface area contributed by atoms with E-state index in [1.807, 2.05) is 36.4 Å². The van der Waals surface area contributed by atoms with Gasteiger partial charge in [-0.3, -0.25) is 14.6 Å². The van der Waals surface area contributed by atoms with Gasteiger partial charge in [0.15, 0.2) is 17.9 Å². The molecule has 1 aliphatic heterocycles. The number of rotatable bonds is 10. The molecular formula is C22H25N7O3. The Morgan fingerprint density at radius 1 is 1.06 bits per heavy atom. The van der Waals surface area contributed by atoms with Crippen molar-refractivity contribution in [3.8, 4) is 0 Å². The van der Waals surface area contributed by atoms with Crippen LogP contribution >= 0.6 is 0 Å². The van der Waals surface area contributed by atoms with Crippen LogP contribution in [0, 0.1) is 0 Å². The van der Waals surface area contributed by atoms with E-state index in [9.17, 15) is 9.59 Å². The van der Waals surface area contributed by atoms with E-state index < -0.39 is 6.23 Å². The number of nitrogens with zero attached hydrogens (tertiary/aromatic N) is 3. The van der Waals surface area contributed by atoms with Crippen LogP contribution in [0.3, 0.4) is 0 Å². The van der Waals surface area contributed by atoms with Crippen LogP contribution < -0.4 is 21.7 Å². The first-order chi connectivity index (χ1) is 15.7. The maximum atomic E-state index is 12.1. The molecule has 0 saturated heterocycles. The second-order valence-electron chi connectivity index (χ2n) is 7.34. The number of carbonyl (C=O) groups is 1. The summed E-state index contributed by atoms with van der Waals surface area (Å²) in [6.07, 6.45) is 3.78. The number of amides is 1. The fourth-order valence-corrected chi connectivity index (χ4v) is 3.34. The fraction of sp³-hybridized carbons (Fsp3) is 0.318. The zero-order valence-corrected chi connectivity index (χ0v) is 17.5. The van der Waals surface area contributed by atoms with Crippen molar-refractivity contribution >= 4 is 28.3 Å². The van der Waals surface area contributed by atoms with E-state index in [2.05, 4.69) is 36.3 Å². The number of aliphatic imine (C=N–C) groups is 1. The lowest BCUT2D eigenvalue weighted by atomic mass is 10.2. The number of pyridine rings is 1. The number of benzene rings is 1. The van der Waals surface area contributed by atoms with Crippen LogP contribution in [-0.4, -0.2) is 46.2 Å². The largest absolute Gasteiger partial charge is 0.368 e. The number of hydrogen-bond donors (Lipinski definition) is 4. The standard InChI is InChI=1S/C22H25N7O3/c30-18(10-11-19-26-21(29-32-19)17-9-3-4-12-23-17)24-13-5-6-14-25-20-15-7-1-2-8-16(15)22(31)28-27-20/h1-4,7-9,12,19H,5-6,10-11,13-14H2,(H,24,30)(H,25,27)(H,26,29)(H,28,31). The maximum absolute atomic E-state index is 12.1. The first-order valence-corrected chi connectivity index (χ1v) is 10.6. The summed E-state index contributed by atoms with van der Waals surface area (Å²) in [7, 11) is 0. The Balaban J connectivity index is 1.12. The highest BCUT2D eigenvalue weighted by molar-refractivity contribution is 5.97. The van der Waals surface area contributed by atoms with Gasteiger partial charge < -0.3 is 10.6 Å². The van der Waals surface area contributed by atoms with Crippen molar-refractivity contribution in [3.05, 3.63) is 64.7 Å². The minimum Gasteiger partial charge on any atom is -0.368 e. The number of H-pyrrole nitrogens is 1. The topological polar surface area (TPSA) is 133 Å². The molecule has 0 saturated carbocycles. The van der Waals surface area contributed by atoms with Crippen LogP contribution in [-0.2, 0) is 9.63 Å². The molecule has 2 aromatic heterocycles. The summed E-state index contributed by atoms with van der Waals surface area (Å²) in [5, 5.41) is 14.2. The number of hydroxylamine groups is 1. The normalized spacial score (nSPS) is 15.2. The van der Waals surface area contributed by atoms with Crippen LogP contribution in [0.25, 0.3) is 10.8 Å². The molecule has 10 heteroatoms. The van der Waals surface area contributed by atoms with Crippen molar-refractivity contribution in [2.45, 2.75) is 31.9 Å². The molecule has 166 valence electrons. The molecule has 32 heavy (non-hydrogen) atoms. The maximum Gasteiger partial charge on any atom is 0.272 e. The van der Waals surface area contributed by atoms with Crippen molar-refractivity contribution in [2.75, 3.05) is 18.4 Å². The molecule has 1 unspecified atom stereocenters. The molecule has 0 aliphatic carbocycles. The Labute approximate surface area is 184 Å². The Kier molecular flexibility index (Phi) is 7.03. The average molecular weight is 435 g/mol. The van der Waals surface area contributed by atoms with Gasteiger partial charge in [-0.25, -0.2) is 20.4 Å². The van der Waals surface area contributed by atoms with Crippen LogP contribution in [0.4, 0.5) is 5.82 Å². The van der Waals surface area contributed by atoms with Gasteiger partial charge in [0.05, 0.1) is 5.39 Å². The minimum absolute atomic E-state index is 0.0312. The summed E-state index contributed by atoms with van der Waals surface area (Å²) >= 11 is 0. The van der Waals surface area contributed by atoms with E-state index in [1.165, 1.54) is 0 Å². The second kappa shape index (κ2) is 10.5. The summed E-state index contributed by atoms with van der Waals surface area (Å²) in [4.78, 5) is 37.9. The number of aromatic amines is 1. The molecule has 1 amide bonds. The van der Waals surface area contributed by atoms with Gasteiger partial charge in [-0.05, 0) is 31.0 Å².